The third kappa shape index (κ3) is 3.75. The maximum Gasteiger partial charge on any atom is 0.354 e. The maximum atomic E-state index is 11.2. The van der Waals surface area contributed by atoms with E-state index in [1.807, 2.05) is 13.8 Å². The normalized spacial score (nSPS) is 10.4. The molecule has 0 radical (unpaired) electrons. The Hall–Kier alpha value is -2.49. The average Bonchev–Trinajstić information content (AvgIpc) is 2.35. The first-order valence-corrected chi connectivity index (χ1v) is 5.86. The van der Waals surface area contributed by atoms with Crippen LogP contribution in [0.25, 0.3) is 0 Å². The fraction of sp³-hybridized carbons (Fsp3) is 0.500. The summed E-state index contributed by atoms with van der Waals surface area (Å²) in [6, 6.07) is 0. The number of rotatable bonds is 7. The van der Waals surface area contributed by atoms with Gasteiger partial charge in [-0.15, -0.1) is 0 Å². The molecule has 1 rings (SSSR count). The number of hydrogen-bond donors (Lipinski definition) is 3. The van der Waals surface area contributed by atoms with Crippen LogP contribution in [0.3, 0.4) is 0 Å². The van der Waals surface area contributed by atoms with Crippen LogP contribution in [0.1, 0.15) is 13.8 Å². The Labute approximate surface area is 115 Å². The van der Waals surface area contributed by atoms with Crippen LogP contribution in [0.4, 0.5) is 17.3 Å². The van der Waals surface area contributed by atoms with Gasteiger partial charge in [0.1, 0.15) is 6.33 Å². The van der Waals surface area contributed by atoms with Crippen LogP contribution in [0.5, 0.6) is 0 Å². The summed E-state index contributed by atoms with van der Waals surface area (Å²) in [5.41, 5.74) is 6.92. The molecule has 0 aliphatic carbocycles. The lowest BCUT2D eigenvalue weighted by atomic mass is 10.2. The lowest BCUT2D eigenvalue weighted by molar-refractivity contribution is -0.383. The van der Waals surface area contributed by atoms with E-state index in [0.717, 1.165) is 6.33 Å². The summed E-state index contributed by atoms with van der Waals surface area (Å²) in [5, 5.41) is 11.2. The molecule has 1 aromatic rings. The van der Waals surface area contributed by atoms with Crippen LogP contribution in [-0.4, -0.2) is 33.9 Å². The summed E-state index contributed by atoms with van der Waals surface area (Å²) in [4.78, 5) is 30.6. The smallest absolute Gasteiger partial charge is 0.354 e. The zero-order valence-electron chi connectivity index (χ0n) is 11.2. The first kappa shape index (κ1) is 15.6. The molecule has 0 aliphatic rings. The molecule has 0 fully saturated rings. The summed E-state index contributed by atoms with van der Waals surface area (Å²) in [7, 11) is 0. The van der Waals surface area contributed by atoms with E-state index < -0.39 is 16.5 Å². The van der Waals surface area contributed by atoms with Gasteiger partial charge in [0.15, 0.2) is 0 Å². The Bertz CT molecular complexity index is 506. The minimum Gasteiger partial charge on any atom is -0.368 e. The lowest BCUT2D eigenvalue weighted by Gasteiger charge is -2.23. The summed E-state index contributed by atoms with van der Waals surface area (Å²) in [6.45, 7) is 4.01. The van der Waals surface area contributed by atoms with E-state index in [1.54, 1.807) is 0 Å². The Morgan fingerprint density at radius 2 is 2.20 bits per heavy atom. The van der Waals surface area contributed by atoms with E-state index in [9.17, 15) is 14.9 Å². The Kier molecular flexibility index (Phi) is 5.15. The van der Waals surface area contributed by atoms with Gasteiger partial charge in [0.2, 0.25) is 17.5 Å². The van der Waals surface area contributed by atoms with Crippen molar-refractivity contribution in [2.45, 2.75) is 13.8 Å². The third-order valence-corrected chi connectivity index (χ3v) is 2.35. The molecule has 0 spiro atoms. The predicted molar refractivity (Wildman–Crippen MR) is 72.7 cm³/mol. The van der Waals surface area contributed by atoms with Crippen LogP contribution >= 0.6 is 0 Å². The van der Waals surface area contributed by atoms with Gasteiger partial charge in [0, 0.05) is 6.54 Å². The van der Waals surface area contributed by atoms with Gasteiger partial charge in [0.05, 0.1) is 11.5 Å². The second-order valence-electron chi connectivity index (χ2n) is 4.54. The molecule has 0 bridgehead atoms. The highest BCUT2D eigenvalue weighted by Gasteiger charge is 2.27. The Morgan fingerprint density at radius 3 is 2.65 bits per heavy atom. The van der Waals surface area contributed by atoms with E-state index in [0.29, 0.717) is 6.54 Å². The predicted octanol–water partition coefficient (Wildman–Crippen LogP) is -0.382. The van der Waals surface area contributed by atoms with Crippen LogP contribution < -0.4 is 21.9 Å². The fourth-order valence-corrected chi connectivity index (χ4v) is 1.73. The molecule has 1 heterocycles. The van der Waals surface area contributed by atoms with E-state index in [-0.39, 0.29) is 24.1 Å². The van der Waals surface area contributed by atoms with Crippen LogP contribution in [0.2, 0.25) is 0 Å². The number of carbonyl (C=O) groups excluding carboxylic acids is 1. The highest BCUT2D eigenvalue weighted by Crippen LogP contribution is 2.31. The van der Waals surface area contributed by atoms with Crippen molar-refractivity contribution in [1.82, 2.24) is 9.97 Å². The molecule has 20 heavy (non-hydrogen) atoms. The number of amides is 1. The standard InChI is InChI=1S/C10H17N7O3/c1-6(2)3-16(4-7(11)18)10-8(17(19)20)9(15-12)13-5-14-10/h5-6H,3-4,12H2,1-2H3,(H2,11,18)(H,13,14,15). The molecule has 0 atom stereocenters. The number of nitrogen functional groups attached to an aromatic ring is 1. The molecule has 0 unspecified atom stereocenters. The van der Waals surface area contributed by atoms with Gasteiger partial charge >= 0.3 is 5.69 Å². The van der Waals surface area contributed by atoms with Crippen molar-refractivity contribution in [3.05, 3.63) is 16.4 Å². The zero-order chi connectivity index (χ0) is 15.3. The number of nitrogens with two attached hydrogens (primary N) is 2. The molecule has 0 saturated carbocycles. The summed E-state index contributed by atoms with van der Waals surface area (Å²) in [6.07, 6.45) is 1.13. The number of primary amides is 1. The molecular formula is C10H17N7O3. The average molecular weight is 283 g/mol. The van der Waals surface area contributed by atoms with E-state index in [1.165, 1.54) is 4.90 Å². The molecule has 0 aliphatic heterocycles. The largest absolute Gasteiger partial charge is 0.368 e. The number of hydrogen-bond acceptors (Lipinski definition) is 8. The highest BCUT2D eigenvalue weighted by molar-refractivity contribution is 5.81. The molecule has 0 saturated heterocycles. The number of aromatic nitrogens is 2. The van der Waals surface area contributed by atoms with Crippen LogP contribution in [0.15, 0.2) is 6.33 Å². The van der Waals surface area contributed by atoms with E-state index in [4.69, 9.17) is 11.6 Å². The van der Waals surface area contributed by atoms with Crippen molar-refractivity contribution >= 4 is 23.2 Å². The minimum absolute atomic E-state index is 0.00505. The molecule has 1 amide bonds. The second-order valence-corrected chi connectivity index (χ2v) is 4.54. The Morgan fingerprint density at radius 1 is 1.55 bits per heavy atom. The van der Waals surface area contributed by atoms with Crippen molar-refractivity contribution < 1.29 is 9.72 Å². The minimum atomic E-state index is -0.654. The summed E-state index contributed by atoms with van der Waals surface area (Å²) in [5.74, 6) is 4.62. The van der Waals surface area contributed by atoms with E-state index in [2.05, 4.69) is 15.4 Å². The van der Waals surface area contributed by atoms with Crippen molar-refractivity contribution in [1.29, 1.82) is 0 Å². The van der Waals surface area contributed by atoms with Gasteiger partial charge < -0.3 is 16.1 Å². The van der Waals surface area contributed by atoms with Gasteiger partial charge in [-0.05, 0) is 5.92 Å². The Balaban J connectivity index is 3.30. The van der Waals surface area contributed by atoms with Crippen molar-refractivity contribution in [2.24, 2.45) is 17.5 Å². The zero-order valence-corrected chi connectivity index (χ0v) is 11.2. The van der Waals surface area contributed by atoms with Gasteiger partial charge in [-0.2, -0.15) is 0 Å². The van der Waals surface area contributed by atoms with E-state index >= 15 is 0 Å². The van der Waals surface area contributed by atoms with Crippen molar-refractivity contribution in [3.63, 3.8) is 0 Å². The molecular weight excluding hydrogens is 266 g/mol. The molecule has 110 valence electrons. The van der Waals surface area contributed by atoms with Crippen LogP contribution in [-0.2, 0) is 4.79 Å². The number of nitrogens with one attached hydrogen (secondary N) is 1. The first-order valence-electron chi connectivity index (χ1n) is 5.86. The number of nitro groups is 1. The van der Waals surface area contributed by atoms with Crippen molar-refractivity contribution in [3.8, 4) is 0 Å². The van der Waals surface area contributed by atoms with Gasteiger partial charge in [-0.1, -0.05) is 13.8 Å². The summed E-state index contributed by atoms with van der Waals surface area (Å²) < 4.78 is 0. The first-order chi connectivity index (χ1) is 9.36. The van der Waals surface area contributed by atoms with Gasteiger partial charge in [-0.25, -0.2) is 15.8 Å². The lowest BCUT2D eigenvalue weighted by Crippen LogP contribution is -2.37. The van der Waals surface area contributed by atoms with Gasteiger partial charge in [-0.3, -0.25) is 14.9 Å². The number of carbonyl (C=O) groups is 1. The summed E-state index contributed by atoms with van der Waals surface area (Å²) >= 11 is 0. The monoisotopic (exact) mass is 283 g/mol. The topological polar surface area (TPSA) is 153 Å². The second kappa shape index (κ2) is 6.61. The quantitative estimate of drug-likeness (QED) is 0.347. The fourth-order valence-electron chi connectivity index (χ4n) is 1.73. The third-order valence-electron chi connectivity index (χ3n) is 2.35. The molecule has 10 heteroatoms. The number of anilines is 2. The number of nitrogens with zero attached hydrogens (tertiary/aromatic N) is 4. The van der Waals surface area contributed by atoms with Crippen molar-refractivity contribution in [2.75, 3.05) is 23.4 Å². The maximum absolute atomic E-state index is 11.2. The molecule has 0 aromatic carbocycles. The molecule has 5 N–H and O–H groups in total. The molecule has 10 nitrogen and oxygen atoms in total. The molecule has 1 aromatic heterocycles. The van der Waals surface area contributed by atoms with Crippen LogP contribution in [0, 0.1) is 16.0 Å². The number of hydrazine groups is 1. The van der Waals surface area contributed by atoms with Gasteiger partial charge in [0.25, 0.3) is 0 Å². The SMILES string of the molecule is CC(C)CN(CC(N)=O)c1ncnc(NN)c1[N+](=O)[O-]. The highest BCUT2D eigenvalue weighted by atomic mass is 16.6.